The lowest BCUT2D eigenvalue weighted by atomic mass is 10.2. The van der Waals surface area contributed by atoms with E-state index in [9.17, 15) is 4.79 Å². The van der Waals surface area contributed by atoms with Crippen LogP contribution in [0, 0.1) is 0 Å². The quantitative estimate of drug-likeness (QED) is 0.846. The lowest BCUT2D eigenvalue weighted by Gasteiger charge is -2.11. The summed E-state index contributed by atoms with van der Waals surface area (Å²) in [6.07, 6.45) is 3.24. The highest BCUT2D eigenvalue weighted by Gasteiger charge is 2.18. The lowest BCUT2D eigenvalue weighted by molar-refractivity contribution is -0.142. The van der Waals surface area contributed by atoms with Gasteiger partial charge in [-0.2, -0.15) is 0 Å². The van der Waals surface area contributed by atoms with Crippen LogP contribution in [0.4, 0.5) is 0 Å². The average Bonchev–Trinajstić information content (AvgIpc) is 2.86. The Hall–Kier alpha value is -1.40. The number of rotatable bonds is 3. The van der Waals surface area contributed by atoms with Crippen molar-refractivity contribution in [1.82, 2.24) is 14.7 Å². The van der Waals surface area contributed by atoms with Crippen LogP contribution in [0.2, 0.25) is 0 Å². The number of ether oxygens (including phenoxy) is 1. The van der Waals surface area contributed by atoms with E-state index in [1.54, 1.807) is 11.3 Å². The lowest BCUT2D eigenvalue weighted by Crippen LogP contribution is -2.23. The summed E-state index contributed by atoms with van der Waals surface area (Å²) < 4.78 is 7.06. The number of fused-ring (bicyclic) bond motifs is 3. The van der Waals surface area contributed by atoms with Gasteiger partial charge >= 0.3 is 5.97 Å². The summed E-state index contributed by atoms with van der Waals surface area (Å²) in [7, 11) is 0. The summed E-state index contributed by atoms with van der Waals surface area (Å²) in [6.45, 7) is 4.16. The molecule has 18 heavy (non-hydrogen) atoms. The number of nitrogens with zero attached hydrogens (tertiary/aromatic N) is 2. The molecule has 0 bridgehead atoms. The number of hydrogen-bond acceptors (Lipinski definition) is 5. The summed E-state index contributed by atoms with van der Waals surface area (Å²) in [5, 5.41) is 3.35. The van der Waals surface area contributed by atoms with E-state index in [0.717, 1.165) is 30.2 Å². The molecule has 0 saturated carbocycles. The van der Waals surface area contributed by atoms with Gasteiger partial charge in [0.1, 0.15) is 0 Å². The normalized spacial score (nSPS) is 14.7. The molecule has 0 aliphatic carbocycles. The van der Waals surface area contributed by atoms with E-state index >= 15 is 0 Å². The van der Waals surface area contributed by atoms with E-state index in [-0.39, 0.29) is 12.4 Å². The van der Waals surface area contributed by atoms with Crippen molar-refractivity contribution in [2.75, 3.05) is 13.2 Å². The number of nitrogens with one attached hydrogen (secondary N) is 1. The first kappa shape index (κ1) is 11.7. The maximum absolute atomic E-state index is 11.4. The van der Waals surface area contributed by atoms with Gasteiger partial charge in [0.05, 0.1) is 18.7 Å². The molecular formula is C12H15N3O2S. The molecule has 2 aromatic rings. The third-order valence-corrected chi connectivity index (χ3v) is 4.10. The molecule has 1 aliphatic heterocycles. The first-order valence-electron chi connectivity index (χ1n) is 6.12. The van der Waals surface area contributed by atoms with Crippen molar-refractivity contribution in [2.24, 2.45) is 0 Å². The Labute approximate surface area is 109 Å². The van der Waals surface area contributed by atoms with Crippen molar-refractivity contribution in [3.63, 3.8) is 0 Å². The molecule has 6 heteroatoms. The fourth-order valence-electron chi connectivity index (χ4n) is 2.23. The molecule has 0 unspecified atom stereocenters. The van der Waals surface area contributed by atoms with Crippen LogP contribution in [0.25, 0.3) is 4.96 Å². The number of hydrogen-bond donors (Lipinski definition) is 1. The Balaban J connectivity index is 1.88. The van der Waals surface area contributed by atoms with Crippen molar-refractivity contribution < 1.29 is 9.53 Å². The molecule has 0 aromatic carbocycles. The number of imidazole rings is 1. The van der Waals surface area contributed by atoms with Crippen LogP contribution in [0.15, 0.2) is 6.20 Å². The Morgan fingerprint density at radius 2 is 2.56 bits per heavy atom. The number of thiazole rings is 1. The molecule has 0 fully saturated rings. The van der Waals surface area contributed by atoms with Gasteiger partial charge in [-0.3, -0.25) is 9.20 Å². The minimum Gasteiger partial charge on any atom is -0.466 e. The van der Waals surface area contributed by atoms with Gasteiger partial charge in [-0.15, -0.1) is 0 Å². The minimum atomic E-state index is -0.209. The molecule has 0 amide bonds. The van der Waals surface area contributed by atoms with Gasteiger partial charge in [-0.25, -0.2) is 4.98 Å². The van der Waals surface area contributed by atoms with Crippen molar-refractivity contribution in [1.29, 1.82) is 0 Å². The summed E-state index contributed by atoms with van der Waals surface area (Å²) in [5.74, 6) is -0.209. The number of carbonyl (C=O) groups excluding carboxylic acids is 1. The highest BCUT2D eigenvalue weighted by molar-refractivity contribution is 7.17. The third-order valence-electron chi connectivity index (χ3n) is 3.01. The van der Waals surface area contributed by atoms with Crippen LogP contribution < -0.4 is 5.32 Å². The minimum absolute atomic E-state index is 0.209. The second-order valence-electron chi connectivity index (χ2n) is 4.27. The monoisotopic (exact) mass is 265 g/mol. The smallest absolute Gasteiger partial charge is 0.311 e. The second kappa shape index (κ2) is 4.70. The molecule has 3 rings (SSSR count). The van der Waals surface area contributed by atoms with Crippen LogP contribution in [0.5, 0.6) is 0 Å². The van der Waals surface area contributed by atoms with Crippen molar-refractivity contribution in [3.8, 4) is 0 Å². The largest absolute Gasteiger partial charge is 0.466 e. The van der Waals surface area contributed by atoms with Gasteiger partial charge in [0.15, 0.2) is 4.96 Å². The van der Waals surface area contributed by atoms with Gasteiger partial charge in [-0.05, 0) is 6.92 Å². The molecule has 2 aromatic heterocycles. The molecule has 5 nitrogen and oxygen atoms in total. The zero-order valence-corrected chi connectivity index (χ0v) is 11.0. The molecule has 96 valence electrons. The predicted molar refractivity (Wildman–Crippen MR) is 68.8 cm³/mol. The first-order chi connectivity index (χ1) is 8.78. The van der Waals surface area contributed by atoms with E-state index in [4.69, 9.17) is 4.74 Å². The molecular weight excluding hydrogens is 250 g/mol. The van der Waals surface area contributed by atoms with E-state index in [1.165, 1.54) is 10.6 Å². The molecule has 1 N–H and O–H groups in total. The number of carbonyl (C=O) groups is 1. The molecule has 3 heterocycles. The SMILES string of the molecule is CCOC(=O)Cc1cn2c3c(sc2n1)CNCC3. The number of esters is 1. The van der Waals surface area contributed by atoms with Crippen LogP contribution in [-0.4, -0.2) is 28.5 Å². The van der Waals surface area contributed by atoms with Gasteiger partial charge in [0.25, 0.3) is 0 Å². The maximum atomic E-state index is 11.4. The molecule has 0 atom stereocenters. The Morgan fingerprint density at radius 3 is 3.39 bits per heavy atom. The molecule has 0 saturated heterocycles. The Bertz CT molecular complexity index is 587. The highest BCUT2D eigenvalue weighted by atomic mass is 32.1. The van der Waals surface area contributed by atoms with E-state index in [1.807, 2.05) is 13.1 Å². The van der Waals surface area contributed by atoms with Gasteiger partial charge < -0.3 is 10.1 Å². The van der Waals surface area contributed by atoms with Gasteiger partial charge in [0.2, 0.25) is 0 Å². The summed E-state index contributed by atoms with van der Waals surface area (Å²) in [6, 6.07) is 0. The fraction of sp³-hybridized carbons (Fsp3) is 0.500. The Kier molecular flexibility index (Phi) is 3.05. The summed E-state index contributed by atoms with van der Waals surface area (Å²) >= 11 is 1.70. The average molecular weight is 265 g/mol. The van der Waals surface area contributed by atoms with Crippen LogP contribution in [0.3, 0.4) is 0 Å². The van der Waals surface area contributed by atoms with Crippen LogP contribution in [-0.2, 0) is 28.9 Å². The van der Waals surface area contributed by atoms with E-state index in [0.29, 0.717) is 6.61 Å². The predicted octanol–water partition coefficient (Wildman–Crippen LogP) is 1.15. The second-order valence-corrected chi connectivity index (χ2v) is 5.33. The summed E-state index contributed by atoms with van der Waals surface area (Å²) in [4.78, 5) is 18.2. The number of aromatic nitrogens is 2. The third kappa shape index (κ3) is 2.02. The standard InChI is InChI=1S/C12H15N3O2S/c1-2-17-11(16)5-8-7-15-9-3-4-13-6-10(9)18-12(15)14-8/h7,13H,2-6H2,1H3. The first-order valence-corrected chi connectivity index (χ1v) is 6.94. The molecule has 1 aliphatic rings. The van der Waals surface area contributed by atoms with Crippen LogP contribution >= 0.6 is 11.3 Å². The molecule has 0 radical (unpaired) electrons. The van der Waals surface area contributed by atoms with Crippen molar-refractivity contribution in [3.05, 3.63) is 22.5 Å². The Morgan fingerprint density at radius 1 is 1.67 bits per heavy atom. The topological polar surface area (TPSA) is 55.6 Å². The van der Waals surface area contributed by atoms with E-state index in [2.05, 4.69) is 14.7 Å². The van der Waals surface area contributed by atoms with Crippen molar-refractivity contribution in [2.45, 2.75) is 26.3 Å². The zero-order valence-electron chi connectivity index (χ0n) is 10.2. The van der Waals surface area contributed by atoms with Crippen LogP contribution in [0.1, 0.15) is 23.2 Å². The molecule has 0 spiro atoms. The maximum Gasteiger partial charge on any atom is 0.311 e. The zero-order chi connectivity index (χ0) is 12.5. The summed E-state index contributed by atoms with van der Waals surface area (Å²) in [5.41, 5.74) is 2.12. The fourth-order valence-corrected chi connectivity index (χ4v) is 3.37. The van der Waals surface area contributed by atoms with Crippen molar-refractivity contribution >= 4 is 22.3 Å². The highest BCUT2D eigenvalue weighted by Crippen LogP contribution is 2.26. The van der Waals surface area contributed by atoms with E-state index < -0.39 is 0 Å². The van der Waals surface area contributed by atoms with Gasteiger partial charge in [0, 0.05) is 36.3 Å². The van der Waals surface area contributed by atoms with Gasteiger partial charge in [-0.1, -0.05) is 11.3 Å².